The van der Waals surface area contributed by atoms with Gasteiger partial charge >= 0.3 is 0 Å². The normalized spacial score (nSPS) is 17.8. The molecule has 2 aromatic rings. The van der Waals surface area contributed by atoms with E-state index in [9.17, 15) is 0 Å². The first kappa shape index (κ1) is 15.6. The van der Waals surface area contributed by atoms with Gasteiger partial charge < -0.3 is 14.4 Å². The average Bonchev–Trinajstić information content (AvgIpc) is 2.63. The maximum Gasteiger partial charge on any atom is 0.179 e. The van der Waals surface area contributed by atoms with Crippen molar-refractivity contribution in [2.24, 2.45) is 0 Å². The van der Waals surface area contributed by atoms with Crippen molar-refractivity contribution < 1.29 is 9.47 Å². The number of anilines is 1. The standard InChI is InChI=1S/C19H21ClN2O2/c20-17-12-15(13-18-19(17)24-11-10-23-18)14-21-6-8-22(9-7-21)16-4-2-1-3-5-16/h1-5,12-13H,6-11,14H2. The monoisotopic (exact) mass is 344 g/mol. The van der Waals surface area contributed by atoms with Crippen LogP contribution in [0.1, 0.15) is 5.56 Å². The fourth-order valence-corrected chi connectivity index (χ4v) is 3.60. The Kier molecular flexibility index (Phi) is 4.50. The third-order valence-electron chi connectivity index (χ3n) is 4.56. The van der Waals surface area contributed by atoms with Gasteiger partial charge in [-0.25, -0.2) is 0 Å². The Morgan fingerprint density at radius 3 is 2.46 bits per heavy atom. The van der Waals surface area contributed by atoms with Crippen LogP contribution in [-0.4, -0.2) is 44.3 Å². The summed E-state index contributed by atoms with van der Waals surface area (Å²) in [4.78, 5) is 4.90. The van der Waals surface area contributed by atoms with E-state index in [0.717, 1.165) is 38.5 Å². The molecule has 4 nitrogen and oxygen atoms in total. The van der Waals surface area contributed by atoms with E-state index in [1.165, 1.54) is 11.3 Å². The predicted molar refractivity (Wildman–Crippen MR) is 96.4 cm³/mol. The van der Waals surface area contributed by atoms with Crippen LogP contribution in [0.25, 0.3) is 0 Å². The highest BCUT2D eigenvalue weighted by Crippen LogP contribution is 2.38. The highest BCUT2D eigenvalue weighted by Gasteiger charge is 2.20. The molecule has 2 heterocycles. The fourth-order valence-electron chi connectivity index (χ4n) is 3.32. The number of fused-ring (bicyclic) bond motifs is 1. The highest BCUT2D eigenvalue weighted by atomic mass is 35.5. The first-order valence-corrected chi connectivity index (χ1v) is 8.78. The molecule has 2 aliphatic rings. The SMILES string of the molecule is Clc1cc(CN2CCN(c3ccccc3)CC2)cc2c1OCCO2. The Morgan fingerprint density at radius 1 is 0.917 bits per heavy atom. The average molecular weight is 345 g/mol. The van der Waals surface area contributed by atoms with Crippen LogP contribution in [0.3, 0.4) is 0 Å². The molecule has 1 saturated heterocycles. The van der Waals surface area contributed by atoms with Crippen molar-refractivity contribution in [2.45, 2.75) is 6.54 Å². The molecule has 0 N–H and O–H groups in total. The molecule has 2 aliphatic heterocycles. The molecule has 1 fully saturated rings. The summed E-state index contributed by atoms with van der Waals surface area (Å²) in [6.45, 7) is 6.21. The summed E-state index contributed by atoms with van der Waals surface area (Å²) in [5.74, 6) is 1.45. The van der Waals surface area contributed by atoms with Crippen LogP contribution in [-0.2, 0) is 6.54 Å². The molecule has 0 saturated carbocycles. The molecule has 0 spiro atoms. The van der Waals surface area contributed by atoms with Gasteiger partial charge in [-0.3, -0.25) is 4.90 Å². The molecule has 0 bridgehead atoms. The van der Waals surface area contributed by atoms with Gasteiger partial charge in [0, 0.05) is 38.4 Å². The van der Waals surface area contributed by atoms with E-state index in [-0.39, 0.29) is 0 Å². The van der Waals surface area contributed by atoms with Gasteiger partial charge in [-0.1, -0.05) is 29.8 Å². The molecular weight excluding hydrogens is 324 g/mol. The minimum atomic E-state index is 0.563. The van der Waals surface area contributed by atoms with Crippen LogP contribution in [0.2, 0.25) is 5.02 Å². The third-order valence-corrected chi connectivity index (χ3v) is 4.84. The molecule has 0 aromatic heterocycles. The van der Waals surface area contributed by atoms with Gasteiger partial charge in [0.2, 0.25) is 0 Å². The quantitative estimate of drug-likeness (QED) is 0.851. The molecule has 0 amide bonds. The van der Waals surface area contributed by atoms with Gasteiger partial charge in [-0.05, 0) is 29.8 Å². The Labute approximate surface area is 147 Å². The molecule has 2 aromatic carbocycles. The number of benzene rings is 2. The summed E-state index contributed by atoms with van der Waals surface area (Å²) in [6.07, 6.45) is 0. The van der Waals surface area contributed by atoms with Gasteiger partial charge in [-0.2, -0.15) is 0 Å². The predicted octanol–water partition coefficient (Wildman–Crippen LogP) is 3.43. The number of rotatable bonds is 3. The Balaban J connectivity index is 1.40. The number of hydrogen-bond donors (Lipinski definition) is 0. The number of halogens is 1. The summed E-state index contributed by atoms with van der Waals surface area (Å²) < 4.78 is 11.3. The minimum Gasteiger partial charge on any atom is -0.486 e. The number of para-hydroxylation sites is 1. The molecular formula is C19H21ClN2O2. The Morgan fingerprint density at radius 2 is 1.67 bits per heavy atom. The maximum absolute atomic E-state index is 6.34. The van der Waals surface area contributed by atoms with E-state index in [0.29, 0.717) is 24.0 Å². The summed E-state index contributed by atoms with van der Waals surface area (Å²) in [5, 5.41) is 0.644. The zero-order valence-electron chi connectivity index (χ0n) is 13.6. The van der Waals surface area contributed by atoms with Gasteiger partial charge in [-0.15, -0.1) is 0 Å². The molecule has 0 unspecified atom stereocenters. The van der Waals surface area contributed by atoms with E-state index in [1.807, 2.05) is 6.07 Å². The number of piperazine rings is 1. The first-order chi connectivity index (χ1) is 11.8. The lowest BCUT2D eigenvalue weighted by Gasteiger charge is -2.36. The summed E-state index contributed by atoms with van der Waals surface area (Å²) in [6, 6.07) is 14.7. The van der Waals surface area contributed by atoms with Crippen LogP contribution < -0.4 is 14.4 Å². The second kappa shape index (κ2) is 6.91. The Bertz CT molecular complexity index is 700. The molecule has 0 radical (unpaired) electrons. The van der Waals surface area contributed by atoms with Crippen molar-refractivity contribution in [2.75, 3.05) is 44.3 Å². The fraction of sp³-hybridized carbons (Fsp3) is 0.368. The smallest absolute Gasteiger partial charge is 0.179 e. The van der Waals surface area contributed by atoms with Gasteiger partial charge in [0.25, 0.3) is 0 Å². The molecule has 4 rings (SSSR count). The summed E-state index contributed by atoms with van der Waals surface area (Å²) in [7, 11) is 0. The molecule has 0 atom stereocenters. The zero-order chi connectivity index (χ0) is 16.4. The highest BCUT2D eigenvalue weighted by molar-refractivity contribution is 6.32. The van der Waals surface area contributed by atoms with Crippen molar-refractivity contribution >= 4 is 17.3 Å². The van der Waals surface area contributed by atoms with Crippen molar-refractivity contribution in [3.8, 4) is 11.5 Å². The van der Waals surface area contributed by atoms with E-state index in [1.54, 1.807) is 0 Å². The first-order valence-electron chi connectivity index (χ1n) is 8.40. The van der Waals surface area contributed by atoms with Gasteiger partial charge in [0.1, 0.15) is 13.2 Å². The van der Waals surface area contributed by atoms with Gasteiger partial charge in [0.05, 0.1) is 5.02 Å². The van der Waals surface area contributed by atoms with Crippen molar-refractivity contribution in [1.29, 1.82) is 0 Å². The summed E-state index contributed by atoms with van der Waals surface area (Å²) >= 11 is 6.34. The van der Waals surface area contributed by atoms with Crippen molar-refractivity contribution in [3.05, 3.63) is 53.1 Å². The van der Waals surface area contributed by atoms with E-state index in [4.69, 9.17) is 21.1 Å². The van der Waals surface area contributed by atoms with Crippen LogP contribution in [0.4, 0.5) is 5.69 Å². The maximum atomic E-state index is 6.34. The van der Waals surface area contributed by atoms with Crippen molar-refractivity contribution in [3.63, 3.8) is 0 Å². The van der Waals surface area contributed by atoms with Crippen LogP contribution in [0.15, 0.2) is 42.5 Å². The second-order valence-electron chi connectivity index (χ2n) is 6.20. The van der Waals surface area contributed by atoms with E-state index < -0.39 is 0 Å². The lowest BCUT2D eigenvalue weighted by Crippen LogP contribution is -2.45. The van der Waals surface area contributed by atoms with Crippen molar-refractivity contribution in [1.82, 2.24) is 4.90 Å². The van der Waals surface area contributed by atoms with E-state index in [2.05, 4.69) is 46.2 Å². The zero-order valence-corrected chi connectivity index (χ0v) is 14.3. The minimum absolute atomic E-state index is 0.563. The van der Waals surface area contributed by atoms with Gasteiger partial charge in [0.15, 0.2) is 11.5 Å². The number of nitrogens with zero attached hydrogens (tertiary/aromatic N) is 2. The van der Waals surface area contributed by atoms with Crippen LogP contribution in [0.5, 0.6) is 11.5 Å². The Hall–Kier alpha value is -1.91. The van der Waals surface area contributed by atoms with Crippen LogP contribution in [0, 0.1) is 0 Å². The van der Waals surface area contributed by atoms with Crippen LogP contribution >= 0.6 is 11.6 Å². The number of hydrogen-bond acceptors (Lipinski definition) is 4. The second-order valence-corrected chi connectivity index (χ2v) is 6.61. The molecule has 5 heteroatoms. The summed E-state index contributed by atoms with van der Waals surface area (Å²) in [5.41, 5.74) is 2.48. The topological polar surface area (TPSA) is 24.9 Å². The number of ether oxygens (including phenoxy) is 2. The molecule has 24 heavy (non-hydrogen) atoms. The lowest BCUT2D eigenvalue weighted by molar-refractivity contribution is 0.171. The molecule has 126 valence electrons. The largest absolute Gasteiger partial charge is 0.486 e. The van der Waals surface area contributed by atoms with E-state index >= 15 is 0 Å². The molecule has 0 aliphatic carbocycles. The lowest BCUT2D eigenvalue weighted by atomic mass is 10.1. The third kappa shape index (κ3) is 3.30.